The molecular formula is C23H21N5O4S. The minimum absolute atomic E-state index is 0.178. The van der Waals surface area contributed by atoms with Gasteiger partial charge in [-0.2, -0.15) is 4.31 Å². The topological polar surface area (TPSA) is 109 Å². The lowest BCUT2D eigenvalue weighted by Crippen LogP contribution is -2.48. The summed E-state index contributed by atoms with van der Waals surface area (Å²) in [6.07, 6.45) is 4.89. The smallest absolute Gasteiger partial charge is 0.291 e. The van der Waals surface area contributed by atoms with Crippen molar-refractivity contribution in [1.29, 1.82) is 0 Å². The Kier molecular flexibility index (Phi) is 5.53. The number of hydrogen-bond acceptors (Lipinski definition) is 7. The molecule has 0 unspecified atom stereocenters. The van der Waals surface area contributed by atoms with Crippen LogP contribution in [0.2, 0.25) is 0 Å². The Labute approximate surface area is 190 Å². The molecule has 5 rings (SSSR count). The van der Waals surface area contributed by atoms with Crippen LogP contribution in [0.15, 0.2) is 82.5 Å². The molecule has 33 heavy (non-hydrogen) atoms. The summed E-state index contributed by atoms with van der Waals surface area (Å²) in [5.41, 5.74) is 1.11. The van der Waals surface area contributed by atoms with E-state index in [0.717, 1.165) is 11.2 Å². The Hall–Kier alpha value is -3.76. The molecule has 1 aliphatic rings. The summed E-state index contributed by atoms with van der Waals surface area (Å²) in [5, 5.41) is 3.58. The number of aromatic nitrogens is 2. The van der Waals surface area contributed by atoms with Crippen molar-refractivity contribution in [3.8, 4) is 0 Å². The van der Waals surface area contributed by atoms with Crippen molar-refractivity contribution in [3.05, 3.63) is 78.9 Å². The third-order valence-corrected chi connectivity index (χ3v) is 7.42. The SMILES string of the molecule is O=C(Nc1ccc(S(=O)(=O)N2CCN(c3cnccn3)CC2)cc1)c1cc2ccccc2o1. The first-order valence-electron chi connectivity index (χ1n) is 10.4. The molecule has 0 spiro atoms. The molecular weight excluding hydrogens is 442 g/mol. The van der Waals surface area contributed by atoms with Crippen LogP contribution in [0.25, 0.3) is 11.0 Å². The Morgan fingerprint density at radius 2 is 1.73 bits per heavy atom. The van der Waals surface area contributed by atoms with Crippen LogP contribution < -0.4 is 10.2 Å². The van der Waals surface area contributed by atoms with Crippen LogP contribution in [0.4, 0.5) is 11.5 Å². The lowest BCUT2D eigenvalue weighted by atomic mass is 10.2. The Morgan fingerprint density at radius 3 is 2.42 bits per heavy atom. The van der Waals surface area contributed by atoms with E-state index < -0.39 is 15.9 Å². The molecule has 1 N–H and O–H groups in total. The Morgan fingerprint density at radius 1 is 0.970 bits per heavy atom. The van der Waals surface area contributed by atoms with Crippen LogP contribution in [0.1, 0.15) is 10.6 Å². The van der Waals surface area contributed by atoms with Crippen molar-refractivity contribution in [2.24, 2.45) is 0 Å². The molecule has 0 atom stereocenters. The van der Waals surface area contributed by atoms with Gasteiger partial charge < -0.3 is 14.6 Å². The number of carbonyl (C=O) groups is 1. The quantitative estimate of drug-likeness (QED) is 0.485. The van der Waals surface area contributed by atoms with E-state index in [-0.39, 0.29) is 10.7 Å². The Balaban J connectivity index is 1.24. The highest BCUT2D eigenvalue weighted by Crippen LogP contribution is 2.23. The van der Waals surface area contributed by atoms with Gasteiger partial charge in [0.25, 0.3) is 5.91 Å². The number of amides is 1. The molecule has 10 heteroatoms. The van der Waals surface area contributed by atoms with Gasteiger partial charge in [0.2, 0.25) is 10.0 Å². The van der Waals surface area contributed by atoms with E-state index in [2.05, 4.69) is 15.3 Å². The standard InChI is InChI=1S/C23H21N5O4S/c29-23(21-15-17-3-1-2-4-20(17)32-21)26-18-5-7-19(8-6-18)33(30,31)28-13-11-27(12-14-28)22-16-24-9-10-25-22/h1-10,15-16H,11-14H2,(H,26,29). The first-order valence-corrected chi connectivity index (χ1v) is 11.9. The predicted octanol–water partition coefficient (Wildman–Crippen LogP) is 2.99. The van der Waals surface area contributed by atoms with Crippen LogP contribution in [-0.4, -0.2) is 54.8 Å². The monoisotopic (exact) mass is 463 g/mol. The number of para-hydroxylation sites is 1. The van der Waals surface area contributed by atoms with Gasteiger partial charge in [-0.15, -0.1) is 0 Å². The number of anilines is 2. The number of nitrogens with one attached hydrogen (secondary N) is 1. The fourth-order valence-corrected chi connectivity index (χ4v) is 5.18. The second kappa shape index (κ2) is 8.64. The van der Waals surface area contributed by atoms with Gasteiger partial charge in [-0.3, -0.25) is 9.78 Å². The van der Waals surface area contributed by atoms with Crippen molar-refractivity contribution in [1.82, 2.24) is 14.3 Å². The first kappa shape index (κ1) is 21.1. The van der Waals surface area contributed by atoms with E-state index in [1.165, 1.54) is 16.4 Å². The Bertz CT molecular complexity index is 1350. The first-order chi connectivity index (χ1) is 16.0. The second-order valence-corrected chi connectivity index (χ2v) is 9.52. The fraction of sp³-hybridized carbons (Fsp3) is 0.174. The molecule has 4 aromatic rings. The average molecular weight is 464 g/mol. The molecule has 9 nitrogen and oxygen atoms in total. The lowest BCUT2D eigenvalue weighted by molar-refractivity contribution is 0.0998. The molecule has 3 heterocycles. The predicted molar refractivity (Wildman–Crippen MR) is 124 cm³/mol. The highest BCUT2D eigenvalue weighted by atomic mass is 32.2. The van der Waals surface area contributed by atoms with Crippen molar-refractivity contribution >= 4 is 38.4 Å². The molecule has 168 valence electrons. The number of piperazine rings is 1. The maximum atomic E-state index is 13.1. The van der Waals surface area contributed by atoms with E-state index in [1.54, 1.807) is 42.9 Å². The van der Waals surface area contributed by atoms with Gasteiger partial charge in [0, 0.05) is 49.6 Å². The van der Waals surface area contributed by atoms with E-state index in [1.807, 2.05) is 23.1 Å². The largest absolute Gasteiger partial charge is 0.451 e. The summed E-state index contributed by atoms with van der Waals surface area (Å²) in [4.78, 5) is 23.0. The van der Waals surface area contributed by atoms with Gasteiger partial charge in [-0.25, -0.2) is 13.4 Å². The van der Waals surface area contributed by atoms with Gasteiger partial charge >= 0.3 is 0 Å². The zero-order valence-electron chi connectivity index (χ0n) is 17.6. The molecule has 1 fully saturated rings. The van der Waals surface area contributed by atoms with Crippen LogP contribution in [-0.2, 0) is 10.0 Å². The maximum absolute atomic E-state index is 13.1. The molecule has 0 saturated carbocycles. The van der Waals surface area contributed by atoms with E-state index >= 15 is 0 Å². The fourth-order valence-electron chi connectivity index (χ4n) is 3.76. The van der Waals surface area contributed by atoms with E-state index in [4.69, 9.17) is 4.42 Å². The third-order valence-electron chi connectivity index (χ3n) is 5.51. The van der Waals surface area contributed by atoms with E-state index in [0.29, 0.717) is 37.4 Å². The van der Waals surface area contributed by atoms with Gasteiger partial charge in [-0.05, 0) is 36.4 Å². The van der Waals surface area contributed by atoms with Crippen molar-refractivity contribution in [2.45, 2.75) is 4.90 Å². The molecule has 2 aromatic carbocycles. The summed E-state index contributed by atoms with van der Waals surface area (Å²) in [6.45, 7) is 1.76. The molecule has 2 aromatic heterocycles. The number of sulfonamides is 1. The third kappa shape index (κ3) is 4.30. The lowest BCUT2D eigenvalue weighted by Gasteiger charge is -2.34. The van der Waals surface area contributed by atoms with E-state index in [9.17, 15) is 13.2 Å². The van der Waals surface area contributed by atoms with Crippen LogP contribution in [0.3, 0.4) is 0 Å². The normalized spacial score (nSPS) is 15.0. The van der Waals surface area contributed by atoms with Gasteiger partial charge in [0.05, 0.1) is 11.1 Å². The van der Waals surface area contributed by atoms with Gasteiger partial charge in [-0.1, -0.05) is 18.2 Å². The van der Waals surface area contributed by atoms with Crippen molar-refractivity contribution in [3.63, 3.8) is 0 Å². The summed E-state index contributed by atoms with van der Waals surface area (Å²) in [6, 6.07) is 15.2. The molecule has 1 aliphatic heterocycles. The molecule has 0 bridgehead atoms. The number of nitrogens with zero attached hydrogens (tertiary/aromatic N) is 4. The zero-order valence-corrected chi connectivity index (χ0v) is 18.4. The van der Waals surface area contributed by atoms with Crippen LogP contribution in [0.5, 0.6) is 0 Å². The van der Waals surface area contributed by atoms with Gasteiger partial charge in [0.15, 0.2) is 5.76 Å². The van der Waals surface area contributed by atoms with Crippen LogP contribution in [0, 0.1) is 0 Å². The second-order valence-electron chi connectivity index (χ2n) is 7.58. The number of benzene rings is 2. The summed E-state index contributed by atoms with van der Waals surface area (Å²) in [5.74, 6) is 0.523. The number of hydrogen-bond donors (Lipinski definition) is 1. The maximum Gasteiger partial charge on any atom is 0.291 e. The van der Waals surface area contributed by atoms with Crippen molar-refractivity contribution in [2.75, 3.05) is 36.4 Å². The zero-order chi connectivity index (χ0) is 22.8. The number of fused-ring (bicyclic) bond motifs is 1. The molecule has 0 aliphatic carbocycles. The molecule has 1 amide bonds. The minimum Gasteiger partial charge on any atom is -0.451 e. The van der Waals surface area contributed by atoms with Crippen molar-refractivity contribution < 1.29 is 17.6 Å². The van der Waals surface area contributed by atoms with Gasteiger partial charge in [0.1, 0.15) is 11.4 Å². The number of furan rings is 1. The van der Waals surface area contributed by atoms with Crippen LogP contribution >= 0.6 is 0 Å². The highest BCUT2D eigenvalue weighted by Gasteiger charge is 2.29. The molecule has 1 saturated heterocycles. The number of rotatable bonds is 5. The summed E-state index contributed by atoms with van der Waals surface area (Å²) >= 11 is 0. The summed E-state index contributed by atoms with van der Waals surface area (Å²) < 4.78 is 33.2. The summed E-state index contributed by atoms with van der Waals surface area (Å²) in [7, 11) is -3.64. The number of carbonyl (C=O) groups excluding carboxylic acids is 1. The minimum atomic E-state index is -3.64. The average Bonchev–Trinajstić information content (AvgIpc) is 3.30. The molecule has 0 radical (unpaired) electrons. The highest BCUT2D eigenvalue weighted by molar-refractivity contribution is 7.89.